The van der Waals surface area contributed by atoms with Gasteiger partial charge < -0.3 is 15.5 Å². The van der Waals surface area contributed by atoms with Crippen LogP contribution in [0.1, 0.15) is 24.3 Å². The highest BCUT2D eigenvalue weighted by Gasteiger charge is 2.25. The molecule has 1 heterocycles. The van der Waals surface area contributed by atoms with Crippen LogP contribution in [0.3, 0.4) is 0 Å². The molecule has 88 valence electrons. The first-order valence-corrected chi connectivity index (χ1v) is 5.59. The molecule has 0 unspecified atom stereocenters. The van der Waals surface area contributed by atoms with Gasteiger partial charge in [0.15, 0.2) is 11.5 Å². The molecule has 1 aliphatic heterocycles. The second kappa shape index (κ2) is 4.47. The van der Waals surface area contributed by atoms with Gasteiger partial charge in [0.2, 0.25) is 0 Å². The molecular formula is C11H13ClFNO2. The number of halogens is 2. The molecule has 0 saturated carbocycles. The van der Waals surface area contributed by atoms with Crippen LogP contribution in [0, 0.1) is 5.82 Å². The lowest BCUT2D eigenvalue weighted by molar-refractivity contribution is 0.375. The Labute approximate surface area is 97.9 Å². The predicted octanol–water partition coefficient (Wildman–Crippen LogP) is 2.36. The molecule has 1 aromatic carbocycles. The van der Waals surface area contributed by atoms with E-state index in [0.29, 0.717) is 0 Å². The van der Waals surface area contributed by atoms with E-state index < -0.39 is 5.82 Å². The summed E-state index contributed by atoms with van der Waals surface area (Å²) in [7, 11) is 0. The number of phenolic OH excluding ortho intramolecular Hbond substituents is 2. The van der Waals surface area contributed by atoms with Gasteiger partial charge in [0.25, 0.3) is 0 Å². The van der Waals surface area contributed by atoms with Crippen molar-refractivity contribution in [3.8, 4) is 11.5 Å². The van der Waals surface area contributed by atoms with Gasteiger partial charge in [0.05, 0.1) is 5.02 Å². The molecule has 2 rings (SSSR count). The number of phenols is 2. The molecule has 0 radical (unpaired) electrons. The van der Waals surface area contributed by atoms with Gasteiger partial charge in [0.1, 0.15) is 5.82 Å². The lowest BCUT2D eigenvalue weighted by Crippen LogP contribution is -2.27. The summed E-state index contributed by atoms with van der Waals surface area (Å²) >= 11 is 5.65. The van der Waals surface area contributed by atoms with Gasteiger partial charge in [-0.25, -0.2) is 4.39 Å². The molecule has 1 aliphatic rings. The van der Waals surface area contributed by atoms with E-state index >= 15 is 0 Å². The molecule has 1 fully saturated rings. The standard InChI is InChI=1S/C11H13ClFNO2/c12-7-5-8(15)11(16)9(10(7)13)6-1-3-14-4-2-6/h5-6,14-16H,1-4H2. The third-order valence-electron chi connectivity index (χ3n) is 2.95. The fourth-order valence-corrected chi connectivity index (χ4v) is 2.31. The molecule has 1 aromatic rings. The van der Waals surface area contributed by atoms with E-state index in [2.05, 4.69) is 5.32 Å². The topological polar surface area (TPSA) is 52.5 Å². The highest BCUT2D eigenvalue weighted by Crippen LogP contribution is 2.42. The second-order valence-corrected chi connectivity index (χ2v) is 4.39. The lowest BCUT2D eigenvalue weighted by Gasteiger charge is -2.24. The molecule has 3 nitrogen and oxygen atoms in total. The maximum atomic E-state index is 13.8. The van der Waals surface area contributed by atoms with Crippen molar-refractivity contribution in [1.82, 2.24) is 5.32 Å². The average Bonchev–Trinajstić information content (AvgIpc) is 2.28. The Morgan fingerprint density at radius 1 is 1.31 bits per heavy atom. The first kappa shape index (κ1) is 11.5. The highest BCUT2D eigenvalue weighted by atomic mass is 35.5. The molecule has 16 heavy (non-hydrogen) atoms. The molecule has 3 N–H and O–H groups in total. The largest absolute Gasteiger partial charge is 0.504 e. The zero-order valence-electron chi connectivity index (χ0n) is 8.63. The Hall–Kier alpha value is -1.00. The molecular weight excluding hydrogens is 233 g/mol. The minimum atomic E-state index is -0.621. The summed E-state index contributed by atoms with van der Waals surface area (Å²) in [6.07, 6.45) is 1.45. The number of aromatic hydroxyl groups is 2. The van der Waals surface area contributed by atoms with Gasteiger partial charge in [-0.05, 0) is 31.8 Å². The van der Waals surface area contributed by atoms with E-state index in [0.717, 1.165) is 32.0 Å². The molecule has 1 saturated heterocycles. The molecule has 0 bridgehead atoms. The van der Waals surface area contributed by atoms with Crippen LogP contribution >= 0.6 is 11.6 Å². The van der Waals surface area contributed by atoms with E-state index in [9.17, 15) is 14.6 Å². The van der Waals surface area contributed by atoms with E-state index in [1.54, 1.807) is 0 Å². The van der Waals surface area contributed by atoms with Crippen LogP contribution in [-0.2, 0) is 0 Å². The van der Waals surface area contributed by atoms with Crippen molar-refractivity contribution in [2.75, 3.05) is 13.1 Å². The van der Waals surface area contributed by atoms with Gasteiger partial charge in [-0.3, -0.25) is 0 Å². The van der Waals surface area contributed by atoms with E-state index in [1.165, 1.54) is 0 Å². The van der Waals surface area contributed by atoms with E-state index in [4.69, 9.17) is 11.6 Å². The maximum Gasteiger partial charge on any atom is 0.164 e. The van der Waals surface area contributed by atoms with Crippen molar-refractivity contribution in [2.24, 2.45) is 0 Å². The predicted molar refractivity (Wildman–Crippen MR) is 59.6 cm³/mol. The van der Waals surface area contributed by atoms with Gasteiger partial charge in [-0.2, -0.15) is 0 Å². The summed E-state index contributed by atoms with van der Waals surface area (Å²) in [6, 6.07) is 1.02. The molecule has 0 aromatic heterocycles. The number of nitrogens with one attached hydrogen (secondary N) is 1. The normalized spacial score (nSPS) is 17.6. The molecule has 0 aliphatic carbocycles. The van der Waals surface area contributed by atoms with Gasteiger partial charge in [0, 0.05) is 11.6 Å². The zero-order valence-corrected chi connectivity index (χ0v) is 9.39. The quantitative estimate of drug-likeness (QED) is 0.666. The van der Waals surface area contributed by atoms with E-state index in [1.807, 2.05) is 0 Å². The Kier molecular flexibility index (Phi) is 3.21. The Balaban J connectivity index is 2.45. The fraction of sp³-hybridized carbons (Fsp3) is 0.455. The molecule has 0 spiro atoms. The third-order valence-corrected chi connectivity index (χ3v) is 3.23. The highest BCUT2D eigenvalue weighted by molar-refractivity contribution is 6.31. The minimum Gasteiger partial charge on any atom is -0.504 e. The smallest absolute Gasteiger partial charge is 0.164 e. The molecule has 5 heteroatoms. The number of benzene rings is 1. The number of rotatable bonds is 1. The number of hydrogen-bond donors (Lipinski definition) is 3. The van der Waals surface area contributed by atoms with Crippen molar-refractivity contribution in [3.05, 3.63) is 22.5 Å². The third kappa shape index (κ3) is 1.95. The molecule has 0 amide bonds. The van der Waals surface area contributed by atoms with Crippen LogP contribution in [0.5, 0.6) is 11.5 Å². The second-order valence-electron chi connectivity index (χ2n) is 3.98. The Bertz CT molecular complexity index is 379. The Morgan fingerprint density at radius 2 is 1.94 bits per heavy atom. The number of hydrogen-bond acceptors (Lipinski definition) is 3. The summed E-state index contributed by atoms with van der Waals surface area (Å²) in [5.41, 5.74) is 0.145. The summed E-state index contributed by atoms with van der Waals surface area (Å²) in [4.78, 5) is 0. The first-order valence-electron chi connectivity index (χ1n) is 5.21. The molecule has 0 atom stereocenters. The van der Waals surface area contributed by atoms with Crippen LogP contribution in [-0.4, -0.2) is 23.3 Å². The van der Waals surface area contributed by atoms with Crippen LogP contribution in [0.2, 0.25) is 5.02 Å². The van der Waals surface area contributed by atoms with Crippen molar-refractivity contribution in [3.63, 3.8) is 0 Å². The SMILES string of the molecule is Oc1cc(Cl)c(F)c(C2CCNCC2)c1O. The monoisotopic (exact) mass is 245 g/mol. The fourth-order valence-electron chi connectivity index (χ4n) is 2.11. The van der Waals surface area contributed by atoms with Crippen LogP contribution < -0.4 is 5.32 Å². The zero-order chi connectivity index (χ0) is 11.7. The van der Waals surface area contributed by atoms with Gasteiger partial charge in [-0.15, -0.1) is 0 Å². The van der Waals surface area contributed by atoms with Crippen LogP contribution in [0.15, 0.2) is 6.07 Å². The Morgan fingerprint density at radius 3 is 2.56 bits per heavy atom. The lowest BCUT2D eigenvalue weighted by atomic mass is 9.89. The minimum absolute atomic E-state index is 0.0918. The summed E-state index contributed by atoms with van der Waals surface area (Å²) in [5, 5.41) is 22.1. The summed E-state index contributed by atoms with van der Waals surface area (Å²) in [6.45, 7) is 1.55. The van der Waals surface area contributed by atoms with Crippen LogP contribution in [0.25, 0.3) is 0 Å². The summed E-state index contributed by atoms with van der Waals surface area (Å²) in [5.74, 6) is -1.46. The maximum absolute atomic E-state index is 13.8. The van der Waals surface area contributed by atoms with Gasteiger partial charge in [-0.1, -0.05) is 11.6 Å². The first-order chi connectivity index (χ1) is 7.61. The van der Waals surface area contributed by atoms with Crippen molar-refractivity contribution < 1.29 is 14.6 Å². The van der Waals surface area contributed by atoms with Gasteiger partial charge >= 0.3 is 0 Å². The summed E-state index contributed by atoms with van der Waals surface area (Å²) < 4.78 is 13.8. The van der Waals surface area contributed by atoms with Crippen molar-refractivity contribution >= 4 is 11.6 Å². The average molecular weight is 246 g/mol. The van der Waals surface area contributed by atoms with E-state index in [-0.39, 0.29) is 28.0 Å². The van der Waals surface area contributed by atoms with Crippen molar-refractivity contribution in [1.29, 1.82) is 0 Å². The number of piperidine rings is 1. The van der Waals surface area contributed by atoms with Crippen molar-refractivity contribution in [2.45, 2.75) is 18.8 Å². The van der Waals surface area contributed by atoms with Crippen LogP contribution in [0.4, 0.5) is 4.39 Å².